The van der Waals surface area contributed by atoms with Gasteiger partial charge in [-0.2, -0.15) is 0 Å². The molecule has 2 aromatic carbocycles. The van der Waals surface area contributed by atoms with Crippen molar-refractivity contribution >= 4 is 11.6 Å². The van der Waals surface area contributed by atoms with Gasteiger partial charge in [0.05, 0.1) is 25.7 Å². The Morgan fingerprint density at radius 3 is 2.19 bits per heavy atom. The average molecular weight is 303 g/mol. The fourth-order valence-electron chi connectivity index (χ4n) is 2.25. The normalized spacial score (nSPS) is 11.5. The summed E-state index contributed by atoms with van der Waals surface area (Å²) in [6, 6.07) is 10.3. The molecule has 1 atom stereocenters. The molecular weight excluding hydrogens is 288 g/mol. The van der Waals surface area contributed by atoms with Crippen molar-refractivity contribution in [3.63, 3.8) is 0 Å². The molecule has 1 unspecified atom stereocenters. The first-order chi connectivity index (χ1) is 10.1. The van der Waals surface area contributed by atoms with Crippen molar-refractivity contribution in [2.75, 3.05) is 14.2 Å². The molecule has 108 valence electrons. The van der Waals surface area contributed by atoms with Crippen molar-refractivity contribution in [3.8, 4) is 29.6 Å². The first-order valence-corrected chi connectivity index (χ1v) is 6.65. The lowest BCUT2D eigenvalue weighted by Gasteiger charge is -2.20. The van der Waals surface area contributed by atoms with Gasteiger partial charge in [0.15, 0.2) is 0 Å². The molecule has 21 heavy (non-hydrogen) atoms. The highest BCUT2D eigenvalue weighted by atomic mass is 35.5. The zero-order valence-electron chi connectivity index (χ0n) is 11.8. The second-order valence-electron chi connectivity index (χ2n) is 4.39. The molecule has 2 rings (SSSR count). The Morgan fingerprint density at radius 1 is 1.14 bits per heavy atom. The Kier molecular flexibility index (Phi) is 4.62. The van der Waals surface area contributed by atoms with E-state index in [0.29, 0.717) is 22.1 Å². The van der Waals surface area contributed by atoms with Crippen molar-refractivity contribution in [1.82, 2.24) is 0 Å². The fraction of sp³-hybridized carbons (Fsp3) is 0.176. The highest BCUT2D eigenvalue weighted by Gasteiger charge is 2.23. The number of hydrogen-bond donors (Lipinski definition) is 1. The van der Waals surface area contributed by atoms with Crippen LogP contribution in [0.25, 0.3) is 0 Å². The van der Waals surface area contributed by atoms with Crippen LogP contribution in [-0.2, 0) is 0 Å². The van der Waals surface area contributed by atoms with Crippen molar-refractivity contribution in [3.05, 3.63) is 52.5 Å². The lowest BCUT2D eigenvalue weighted by Crippen LogP contribution is -2.05. The summed E-state index contributed by atoms with van der Waals surface area (Å²) < 4.78 is 10.7. The topological polar surface area (TPSA) is 38.7 Å². The minimum Gasteiger partial charge on any atom is -0.508 e. The van der Waals surface area contributed by atoms with E-state index >= 15 is 0 Å². The summed E-state index contributed by atoms with van der Waals surface area (Å²) in [7, 11) is 3.02. The summed E-state index contributed by atoms with van der Waals surface area (Å²) in [4.78, 5) is 0. The average Bonchev–Trinajstić information content (AvgIpc) is 2.50. The Labute approximate surface area is 129 Å². The Bertz CT molecular complexity index is 664. The number of rotatable bonds is 4. The van der Waals surface area contributed by atoms with Gasteiger partial charge in [-0.15, -0.1) is 6.42 Å². The minimum atomic E-state index is -0.441. The molecule has 0 radical (unpaired) electrons. The first kappa shape index (κ1) is 15.1. The van der Waals surface area contributed by atoms with E-state index in [-0.39, 0.29) is 5.75 Å². The van der Waals surface area contributed by atoms with Gasteiger partial charge in [0, 0.05) is 17.2 Å². The van der Waals surface area contributed by atoms with Crippen LogP contribution >= 0.6 is 11.6 Å². The smallest absolute Gasteiger partial charge is 0.131 e. The monoisotopic (exact) mass is 302 g/mol. The Morgan fingerprint density at radius 2 is 1.71 bits per heavy atom. The van der Waals surface area contributed by atoms with E-state index in [1.807, 2.05) is 18.2 Å². The number of benzene rings is 2. The van der Waals surface area contributed by atoms with Gasteiger partial charge in [0.2, 0.25) is 0 Å². The van der Waals surface area contributed by atoms with Crippen molar-refractivity contribution in [2.24, 2.45) is 0 Å². The molecule has 0 aromatic heterocycles. The molecule has 1 N–H and O–H groups in total. The second kappa shape index (κ2) is 6.43. The molecule has 0 saturated heterocycles. The molecule has 0 aliphatic carbocycles. The van der Waals surface area contributed by atoms with E-state index < -0.39 is 5.92 Å². The predicted octanol–water partition coefficient (Wildman–Crippen LogP) is 3.83. The molecule has 0 amide bonds. The van der Waals surface area contributed by atoms with Gasteiger partial charge < -0.3 is 14.6 Å². The second-order valence-corrected chi connectivity index (χ2v) is 4.79. The first-order valence-electron chi connectivity index (χ1n) is 6.27. The molecule has 3 nitrogen and oxygen atoms in total. The molecule has 0 spiro atoms. The maximum atomic E-state index is 9.72. The highest BCUT2D eigenvalue weighted by molar-refractivity contribution is 6.31. The number of hydrogen-bond acceptors (Lipinski definition) is 3. The maximum Gasteiger partial charge on any atom is 0.131 e. The van der Waals surface area contributed by atoms with Crippen molar-refractivity contribution in [2.45, 2.75) is 5.92 Å². The number of phenols is 1. The van der Waals surface area contributed by atoms with E-state index in [4.69, 9.17) is 27.5 Å². The van der Waals surface area contributed by atoms with Crippen molar-refractivity contribution < 1.29 is 14.6 Å². The Hall–Kier alpha value is -2.31. The van der Waals surface area contributed by atoms with Crippen LogP contribution in [0.4, 0.5) is 0 Å². The third-order valence-corrected chi connectivity index (χ3v) is 3.54. The summed E-state index contributed by atoms with van der Waals surface area (Å²) in [5.41, 5.74) is 1.44. The fourth-order valence-corrected chi connectivity index (χ4v) is 2.49. The minimum absolute atomic E-state index is 0.0439. The maximum absolute atomic E-state index is 9.72. The van der Waals surface area contributed by atoms with E-state index in [9.17, 15) is 5.11 Å². The van der Waals surface area contributed by atoms with Gasteiger partial charge in [-0.1, -0.05) is 35.7 Å². The van der Waals surface area contributed by atoms with E-state index in [1.54, 1.807) is 6.07 Å². The summed E-state index contributed by atoms with van der Waals surface area (Å²) in [6.45, 7) is 0. The quantitative estimate of drug-likeness (QED) is 0.872. The molecular formula is C17H15ClO3. The van der Waals surface area contributed by atoms with Crippen LogP contribution in [0.5, 0.6) is 17.2 Å². The molecule has 0 aliphatic rings. The summed E-state index contributed by atoms with van der Waals surface area (Å²) >= 11 is 6.24. The lowest BCUT2D eigenvalue weighted by molar-refractivity contribution is 0.376. The standard InChI is InChI=1S/C17H15ClO3/c1-4-12(13-7-5-6-8-14(13)18)17-15(20-2)9-11(19)10-16(17)21-3/h1,5-10,12,19H,2-3H3. The van der Waals surface area contributed by atoms with Gasteiger partial charge in [0.25, 0.3) is 0 Å². The van der Waals surface area contributed by atoms with E-state index in [2.05, 4.69) is 5.92 Å². The molecule has 0 saturated carbocycles. The SMILES string of the molecule is C#CC(c1ccccc1Cl)c1c(OC)cc(O)cc1OC. The third-order valence-electron chi connectivity index (χ3n) is 3.20. The van der Waals surface area contributed by atoms with E-state index in [0.717, 1.165) is 5.56 Å². The van der Waals surface area contributed by atoms with Crippen LogP contribution < -0.4 is 9.47 Å². The van der Waals surface area contributed by atoms with Crippen LogP contribution in [0.1, 0.15) is 17.0 Å². The molecule has 0 fully saturated rings. The molecule has 0 heterocycles. The van der Waals surface area contributed by atoms with Crippen molar-refractivity contribution in [1.29, 1.82) is 0 Å². The van der Waals surface area contributed by atoms with Crippen LogP contribution in [0.2, 0.25) is 5.02 Å². The Balaban J connectivity index is 2.69. The van der Waals surface area contributed by atoms with E-state index in [1.165, 1.54) is 26.4 Å². The zero-order valence-corrected chi connectivity index (χ0v) is 12.5. The van der Waals surface area contributed by atoms with Gasteiger partial charge in [-0.25, -0.2) is 0 Å². The molecule has 0 bridgehead atoms. The number of phenolic OH excluding ortho intramolecular Hbond substituents is 1. The number of ether oxygens (including phenoxy) is 2. The van der Waals surface area contributed by atoms with Crippen LogP contribution in [0.15, 0.2) is 36.4 Å². The summed E-state index contributed by atoms with van der Waals surface area (Å²) in [6.07, 6.45) is 5.71. The van der Waals surface area contributed by atoms with Gasteiger partial charge >= 0.3 is 0 Å². The summed E-state index contributed by atoms with van der Waals surface area (Å²) in [5, 5.41) is 10.3. The van der Waals surface area contributed by atoms with Crippen LogP contribution in [-0.4, -0.2) is 19.3 Å². The van der Waals surface area contributed by atoms with Gasteiger partial charge in [-0.05, 0) is 11.6 Å². The number of methoxy groups -OCH3 is 2. The summed E-state index contributed by atoms with van der Waals surface area (Å²) in [5.74, 6) is 3.23. The third kappa shape index (κ3) is 2.91. The molecule has 4 heteroatoms. The highest BCUT2D eigenvalue weighted by Crippen LogP contribution is 2.42. The number of halogens is 1. The predicted molar refractivity (Wildman–Crippen MR) is 83.3 cm³/mol. The van der Waals surface area contributed by atoms with Gasteiger partial charge in [-0.3, -0.25) is 0 Å². The lowest BCUT2D eigenvalue weighted by atomic mass is 9.90. The van der Waals surface area contributed by atoms with Crippen LogP contribution in [0.3, 0.4) is 0 Å². The number of terminal acetylenes is 1. The van der Waals surface area contributed by atoms with Crippen LogP contribution in [0, 0.1) is 12.3 Å². The molecule has 0 aliphatic heterocycles. The number of aromatic hydroxyl groups is 1. The largest absolute Gasteiger partial charge is 0.508 e. The van der Waals surface area contributed by atoms with Gasteiger partial charge in [0.1, 0.15) is 17.2 Å². The zero-order chi connectivity index (χ0) is 15.4. The molecule has 2 aromatic rings.